The molecule has 0 N–H and O–H groups in total. The standard InChI is InChI=1S/C10HBF6/c11-6-3(13)1-2(12)4-5(6)8(15)10(17)9(16)7(4)14/h1H. The molecule has 2 aromatic carbocycles. The fourth-order valence-electron chi connectivity index (χ4n) is 1.49. The summed E-state index contributed by atoms with van der Waals surface area (Å²) in [4.78, 5) is 0. The van der Waals surface area contributed by atoms with Crippen LogP contribution in [0.25, 0.3) is 10.8 Å². The van der Waals surface area contributed by atoms with E-state index >= 15 is 0 Å². The average Bonchev–Trinajstić information content (AvgIpc) is 2.28. The molecule has 0 fully saturated rings. The van der Waals surface area contributed by atoms with E-state index in [0.29, 0.717) is 0 Å². The van der Waals surface area contributed by atoms with Crippen LogP contribution < -0.4 is 5.46 Å². The highest BCUT2D eigenvalue weighted by Gasteiger charge is 2.25. The van der Waals surface area contributed by atoms with Crippen LogP contribution in [0.2, 0.25) is 0 Å². The van der Waals surface area contributed by atoms with Crippen molar-refractivity contribution in [1.82, 2.24) is 0 Å². The molecule has 0 atom stereocenters. The maximum absolute atomic E-state index is 13.3. The average molecular weight is 246 g/mol. The van der Waals surface area contributed by atoms with Crippen molar-refractivity contribution in [2.75, 3.05) is 0 Å². The maximum atomic E-state index is 13.3. The summed E-state index contributed by atoms with van der Waals surface area (Å²) in [5, 5.41) is -2.38. The molecule has 0 heterocycles. The van der Waals surface area contributed by atoms with Gasteiger partial charge in [0.05, 0.1) is 5.39 Å². The van der Waals surface area contributed by atoms with E-state index in [1.807, 2.05) is 0 Å². The van der Waals surface area contributed by atoms with Crippen molar-refractivity contribution in [2.24, 2.45) is 0 Å². The third kappa shape index (κ3) is 1.49. The molecule has 0 bridgehead atoms. The molecular formula is C10HBF6. The van der Waals surface area contributed by atoms with Crippen molar-refractivity contribution in [2.45, 2.75) is 0 Å². The third-order valence-electron chi connectivity index (χ3n) is 2.29. The van der Waals surface area contributed by atoms with Gasteiger partial charge in [-0.3, -0.25) is 0 Å². The normalized spacial score (nSPS) is 11.2. The Bertz CT molecular complexity index is 637. The number of fused-ring (bicyclic) bond motifs is 1. The lowest BCUT2D eigenvalue weighted by atomic mass is 9.88. The van der Waals surface area contributed by atoms with Crippen LogP contribution in [0, 0.1) is 34.9 Å². The minimum atomic E-state index is -2.18. The second kappa shape index (κ2) is 3.68. The van der Waals surface area contributed by atoms with E-state index in [4.69, 9.17) is 7.85 Å². The van der Waals surface area contributed by atoms with E-state index in [2.05, 4.69) is 0 Å². The molecule has 0 unspecified atom stereocenters. The van der Waals surface area contributed by atoms with Crippen LogP contribution >= 0.6 is 0 Å². The molecule has 0 spiro atoms. The SMILES string of the molecule is [B]c1c(F)cc(F)c2c(F)c(F)c(F)c(F)c12. The topological polar surface area (TPSA) is 0 Å². The quantitative estimate of drug-likeness (QED) is 0.290. The molecule has 0 aliphatic heterocycles. The molecule has 0 saturated heterocycles. The minimum absolute atomic E-state index is 0.164. The van der Waals surface area contributed by atoms with Crippen molar-refractivity contribution in [1.29, 1.82) is 0 Å². The monoisotopic (exact) mass is 246 g/mol. The van der Waals surface area contributed by atoms with E-state index in [9.17, 15) is 26.3 Å². The Hall–Kier alpha value is -1.66. The Morgan fingerprint density at radius 1 is 0.647 bits per heavy atom. The molecule has 0 saturated carbocycles. The zero-order valence-electron chi connectivity index (χ0n) is 7.92. The van der Waals surface area contributed by atoms with Gasteiger partial charge in [-0.15, -0.1) is 0 Å². The fraction of sp³-hybridized carbons (Fsp3) is 0. The summed E-state index contributed by atoms with van der Waals surface area (Å²) in [5.74, 6) is -11.2. The molecule has 17 heavy (non-hydrogen) atoms. The number of rotatable bonds is 0. The second-order valence-corrected chi connectivity index (χ2v) is 3.26. The van der Waals surface area contributed by atoms with E-state index in [-0.39, 0.29) is 6.07 Å². The number of halogens is 6. The van der Waals surface area contributed by atoms with Gasteiger partial charge in [-0.1, -0.05) is 5.46 Å². The molecule has 0 amide bonds. The van der Waals surface area contributed by atoms with E-state index < -0.39 is 51.1 Å². The first-order chi connectivity index (χ1) is 7.86. The summed E-state index contributed by atoms with van der Waals surface area (Å²) in [6.45, 7) is 0. The predicted molar refractivity (Wildman–Crippen MR) is 49.1 cm³/mol. The Labute approximate surface area is 92.3 Å². The first kappa shape index (κ1) is 11.8. The third-order valence-corrected chi connectivity index (χ3v) is 2.29. The Kier molecular flexibility index (Phi) is 2.56. The van der Waals surface area contributed by atoms with Crippen molar-refractivity contribution in [3.8, 4) is 0 Å². The predicted octanol–water partition coefficient (Wildman–Crippen LogP) is 2.47. The molecule has 7 heteroatoms. The molecule has 2 aromatic rings. The molecule has 0 aliphatic rings. The van der Waals surface area contributed by atoms with Gasteiger partial charge < -0.3 is 0 Å². The Balaban J connectivity index is 3.17. The lowest BCUT2D eigenvalue weighted by molar-refractivity contribution is 0.416. The van der Waals surface area contributed by atoms with Gasteiger partial charge in [-0.25, -0.2) is 26.3 Å². The maximum Gasteiger partial charge on any atom is 0.198 e. The van der Waals surface area contributed by atoms with E-state index in [0.717, 1.165) is 0 Å². The summed E-state index contributed by atoms with van der Waals surface area (Å²) < 4.78 is 78.4. The zero-order valence-corrected chi connectivity index (χ0v) is 7.92. The van der Waals surface area contributed by atoms with Crippen LogP contribution in [0.5, 0.6) is 0 Å². The van der Waals surface area contributed by atoms with Crippen LogP contribution in [0.15, 0.2) is 6.07 Å². The van der Waals surface area contributed by atoms with Gasteiger partial charge in [-0.2, -0.15) is 0 Å². The lowest BCUT2D eigenvalue weighted by Gasteiger charge is -2.09. The molecule has 2 radical (unpaired) electrons. The van der Waals surface area contributed by atoms with E-state index in [1.165, 1.54) is 0 Å². The highest BCUT2D eigenvalue weighted by atomic mass is 19.2. The van der Waals surface area contributed by atoms with E-state index in [1.54, 1.807) is 0 Å². The van der Waals surface area contributed by atoms with Crippen molar-refractivity contribution in [3.63, 3.8) is 0 Å². The van der Waals surface area contributed by atoms with Gasteiger partial charge in [0.2, 0.25) is 0 Å². The van der Waals surface area contributed by atoms with Crippen molar-refractivity contribution in [3.05, 3.63) is 41.0 Å². The molecular weight excluding hydrogens is 245 g/mol. The van der Waals surface area contributed by atoms with Crippen LogP contribution in [0.1, 0.15) is 0 Å². The molecule has 86 valence electrons. The van der Waals surface area contributed by atoms with Gasteiger partial charge in [0.15, 0.2) is 23.3 Å². The van der Waals surface area contributed by atoms with Gasteiger partial charge in [0.25, 0.3) is 0 Å². The fourth-order valence-corrected chi connectivity index (χ4v) is 1.49. The van der Waals surface area contributed by atoms with Crippen LogP contribution in [-0.2, 0) is 0 Å². The summed E-state index contributed by atoms with van der Waals surface area (Å²) in [6.07, 6.45) is 0. The number of hydrogen-bond acceptors (Lipinski definition) is 0. The smallest absolute Gasteiger partial charge is 0.198 e. The lowest BCUT2D eigenvalue weighted by Crippen LogP contribution is -2.15. The van der Waals surface area contributed by atoms with Gasteiger partial charge >= 0.3 is 0 Å². The summed E-state index contributed by atoms with van der Waals surface area (Å²) >= 11 is 0. The van der Waals surface area contributed by atoms with Crippen molar-refractivity contribution >= 4 is 24.1 Å². The Morgan fingerprint density at radius 2 is 1.12 bits per heavy atom. The molecule has 0 nitrogen and oxygen atoms in total. The van der Waals surface area contributed by atoms with Crippen LogP contribution in [0.4, 0.5) is 26.3 Å². The van der Waals surface area contributed by atoms with Crippen LogP contribution in [0.3, 0.4) is 0 Å². The second-order valence-electron chi connectivity index (χ2n) is 3.26. The van der Waals surface area contributed by atoms with Gasteiger partial charge in [0, 0.05) is 11.5 Å². The summed E-state index contributed by atoms with van der Waals surface area (Å²) in [6, 6.07) is 0.164. The number of benzene rings is 2. The van der Waals surface area contributed by atoms with Gasteiger partial charge in [-0.05, 0) is 0 Å². The number of hydrogen-bond donors (Lipinski definition) is 0. The largest absolute Gasteiger partial charge is 0.208 e. The summed E-state index contributed by atoms with van der Waals surface area (Å²) in [7, 11) is 5.04. The molecule has 0 aliphatic carbocycles. The Morgan fingerprint density at radius 3 is 1.65 bits per heavy atom. The highest BCUT2D eigenvalue weighted by molar-refractivity contribution is 6.39. The van der Waals surface area contributed by atoms with Crippen molar-refractivity contribution < 1.29 is 26.3 Å². The first-order valence-electron chi connectivity index (χ1n) is 4.25. The summed E-state index contributed by atoms with van der Waals surface area (Å²) in [5.41, 5.74) is -0.989. The zero-order chi connectivity index (χ0) is 12.9. The minimum Gasteiger partial charge on any atom is -0.208 e. The highest BCUT2D eigenvalue weighted by Crippen LogP contribution is 2.28. The first-order valence-corrected chi connectivity index (χ1v) is 4.25. The molecule has 0 aromatic heterocycles. The van der Waals surface area contributed by atoms with Crippen LogP contribution in [-0.4, -0.2) is 7.85 Å². The molecule has 2 rings (SSSR count). The van der Waals surface area contributed by atoms with Gasteiger partial charge in [0.1, 0.15) is 19.5 Å².